The number of nitrogens with two attached hydrogens (primary N) is 1. The summed E-state index contributed by atoms with van der Waals surface area (Å²) in [6, 6.07) is 0. The normalized spacial score (nSPS) is 53.2. The molecular formula is C12H23N3. The van der Waals surface area contributed by atoms with Crippen LogP contribution in [0.4, 0.5) is 0 Å². The van der Waals surface area contributed by atoms with Crippen molar-refractivity contribution in [3.63, 3.8) is 0 Å². The number of hydrogen-bond donors (Lipinski definition) is 1. The molecule has 3 nitrogen and oxygen atoms in total. The van der Waals surface area contributed by atoms with Crippen LogP contribution in [0, 0.1) is 17.3 Å². The van der Waals surface area contributed by atoms with Gasteiger partial charge in [-0.25, -0.2) is 0 Å². The van der Waals surface area contributed by atoms with Crippen molar-refractivity contribution in [2.75, 3.05) is 45.8 Å². The fraction of sp³-hybridized carbons (Fsp3) is 1.00. The van der Waals surface area contributed by atoms with Crippen LogP contribution in [-0.2, 0) is 0 Å². The quantitative estimate of drug-likeness (QED) is 0.706. The van der Waals surface area contributed by atoms with E-state index in [1.54, 1.807) is 0 Å². The summed E-state index contributed by atoms with van der Waals surface area (Å²) in [4.78, 5) is 5.37. The van der Waals surface area contributed by atoms with Crippen LogP contribution in [0.15, 0.2) is 0 Å². The van der Waals surface area contributed by atoms with Crippen molar-refractivity contribution >= 4 is 0 Å². The minimum atomic E-state index is 0.525. The maximum absolute atomic E-state index is 5.78. The highest BCUT2D eigenvalue weighted by Crippen LogP contribution is 2.46. The molecule has 4 fully saturated rings. The first-order valence-electron chi connectivity index (χ1n) is 6.36. The molecule has 0 radical (unpaired) electrons. The first-order chi connectivity index (χ1) is 7.21. The number of rotatable bonds is 2. The molecule has 0 aromatic heterocycles. The third kappa shape index (κ3) is 1.52. The number of nitrogens with zero attached hydrogens (tertiary/aromatic N) is 2. The smallest absolute Gasteiger partial charge is 0.0110 e. The largest absolute Gasteiger partial charge is 0.330 e. The highest BCUT2D eigenvalue weighted by molar-refractivity contribution is 5.03. The predicted octanol–water partition coefficient (Wildman–Crippen LogP) is 0.219. The second kappa shape index (κ2) is 3.44. The van der Waals surface area contributed by atoms with Gasteiger partial charge in [0, 0.05) is 39.3 Å². The zero-order valence-corrected chi connectivity index (χ0v) is 9.78. The van der Waals surface area contributed by atoms with Crippen LogP contribution in [-0.4, -0.2) is 55.6 Å². The monoisotopic (exact) mass is 209 g/mol. The van der Waals surface area contributed by atoms with Gasteiger partial charge in [0.2, 0.25) is 0 Å². The SMILES string of the molecule is CC12CN3CCN(CC(C3)C1CCN)C2. The summed E-state index contributed by atoms with van der Waals surface area (Å²) in [5, 5.41) is 0. The minimum Gasteiger partial charge on any atom is -0.330 e. The maximum atomic E-state index is 5.78. The Bertz CT molecular complexity index is 237. The van der Waals surface area contributed by atoms with Gasteiger partial charge in [0.05, 0.1) is 0 Å². The van der Waals surface area contributed by atoms with Gasteiger partial charge >= 0.3 is 0 Å². The van der Waals surface area contributed by atoms with E-state index in [1.807, 2.05) is 0 Å². The fourth-order valence-electron chi connectivity index (χ4n) is 4.37. The number of fused-ring (bicyclic) bond motifs is 1. The number of hydrogen-bond acceptors (Lipinski definition) is 3. The zero-order valence-electron chi connectivity index (χ0n) is 9.78. The molecule has 0 aliphatic carbocycles. The topological polar surface area (TPSA) is 32.5 Å². The Kier molecular flexibility index (Phi) is 2.31. The Labute approximate surface area is 92.6 Å². The molecule has 4 aliphatic heterocycles. The van der Waals surface area contributed by atoms with E-state index < -0.39 is 0 Å². The van der Waals surface area contributed by atoms with Crippen LogP contribution in [0.5, 0.6) is 0 Å². The molecule has 0 amide bonds. The summed E-state index contributed by atoms with van der Waals surface area (Å²) in [5.41, 5.74) is 6.30. The molecule has 3 heteroatoms. The summed E-state index contributed by atoms with van der Waals surface area (Å²) in [7, 11) is 0. The van der Waals surface area contributed by atoms with Crippen molar-refractivity contribution in [1.29, 1.82) is 0 Å². The molecule has 3 unspecified atom stereocenters. The summed E-state index contributed by atoms with van der Waals surface area (Å²) in [6.07, 6.45) is 1.24. The van der Waals surface area contributed by atoms with E-state index in [2.05, 4.69) is 16.7 Å². The lowest BCUT2D eigenvalue weighted by molar-refractivity contribution is -0.0491. The molecule has 2 N–H and O–H groups in total. The molecule has 0 aromatic rings. The third-order valence-corrected chi connectivity index (χ3v) is 4.83. The van der Waals surface area contributed by atoms with Gasteiger partial charge in [-0.3, -0.25) is 0 Å². The fourth-order valence-corrected chi connectivity index (χ4v) is 4.37. The van der Waals surface area contributed by atoms with Crippen molar-refractivity contribution in [1.82, 2.24) is 9.80 Å². The van der Waals surface area contributed by atoms with Crippen molar-refractivity contribution in [2.45, 2.75) is 13.3 Å². The molecular weight excluding hydrogens is 186 g/mol. The van der Waals surface area contributed by atoms with Crippen LogP contribution in [0.2, 0.25) is 0 Å². The highest BCUT2D eigenvalue weighted by Gasteiger charge is 2.50. The first kappa shape index (κ1) is 10.1. The summed E-state index contributed by atoms with van der Waals surface area (Å²) < 4.78 is 0. The van der Waals surface area contributed by atoms with Crippen LogP contribution in [0.25, 0.3) is 0 Å². The molecule has 4 rings (SSSR count). The summed E-state index contributed by atoms with van der Waals surface area (Å²) >= 11 is 0. The van der Waals surface area contributed by atoms with Gasteiger partial charge in [-0.15, -0.1) is 0 Å². The van der Waals surface area contributed by atoms with E-state index in [0.717, 1.165) is 18.4 Å². The number of piperidine rings is 2. The first-order valence-corrected chi connectivity index (χ1v) is 6.36. The zero-order chi connectivity index (χ0) is 10.5. The van der Waals surface area contributed by atoms with Gasteiger partial charge in [-0.1, -0.05) is 6.92 Å². The summed E-state index contributed by atoms with van der Waals surface area (Å²) in [5.74, 6) is 1.77. The van der Waals surface area contributed by atoms with Gasteiger partial charge in [-0.05, 0) is 30.2 Å². The van der Waals surface area contributed by atoms with E-state index in [1.165, 1.54) is 45.7 Å². The Morgan fingerprint density at radius 3 is 2.27 bits per heavy atom. The van der Waals surface area contributed by atoms with Crippen molar-refractivity contribution < 1.29 is 0 Å². The van der Waals surface area contributed by atoms with Gasteiger partial charge in [-0.2, -0.15) is 0 Å². The van der Waals surface area contributed by atoms with E-state index in [-0.39, 0.29) is 0 Å². The Morgan fingerprint density at radius 1 is 1.20 bits per heavy atom. The van der Waals surface area contributed by atoms with E-state index >= 15 is 0 Å². The van der Waals surface area contributed by atoms with Crippen molar-refractivity contribution in [3.8, 4) is 0 Å². The maximum Gasteiger partial charge on any atom is 0.0110 e. The molecule has 4 bridgehead atoms. The minimum absolute atomic E-state index is 0.525. The molecule has 4 heterocycles. The summed E-state index contributed by atoms with van der Waals surface area (Å²) in [6.45, 7) is 11.2. The molecule has 86 valence electrons. The van der Waals surface area contributed by atoms with Crippen molar-refractivity contribution in [2.24, 2.45) is 23.0 Å². The third-order valence-electron chi connectivity index (χ3n) is 4.83. The molecule has 0 saturated carbocycles. The van der Waals surface area contributed by atoms with E-state index in [4.69, 9.17) is 5.73 Å². The van der Waals surface area contributed by atoms with Gasteiger partial charge < -0.3 is 15.5 Å². The molecule has 0 aromatic carbocycles. The average molecular weight is 209 g/mol. The average Bonchev–Trinajstić information content (AvgIpc) is 2.39. The Balaban J connectivity index is 1.89. The standard InChI is InChI=1S/C12H23N3/c1-12-8-14-4-5-15(9-12)7-10(6-14)11(12)2-3-13/h10-11H,2-9,13H2,1H3. The van der Waals surface area contributed by atoms with Crippen LogP contribution >= 0.6 is 0 Å². The molecule has 3 atom stereocenters. The van der Waals surface area contributed by atoms with Crippen LogP contribution < -0.4 is 5.73 Å². The van der Waals surface area contributed by atoms with Gasteiger partial charge in [0.15, 0.2) is 0 Å². The van der Waals surface area contributed by atoms with E-state index in [0.29, 0.717) is 5.41 Å². The lowest BCUT2D eigenvalue weighted by Crippen LogP contribution is -2.59. The molecule has 4 saturated heterocycles. The second-order valence-corrected chi connectivity index (χ2v) is 6.07. The van der Waals surface area contributed by atoms with Crippen LogP contribution in [0.3, 0.4) is 0 Å². The van der Waals surface area contributed by atoms with E-state index in [9.17, 15) is 0 Å². The molecule has 15 heavy (non-hydrogen) atoms. The highest BCUT2D eigenvalue weighted by atomic mass is 15.3. The predicted molar refractivity (Wildman–Crippen MR) is 61.6 cm³/mol. The molecule has 4 aliphatic rings. The van der Waals surface area contributed by atoms with Crippen LogP contribution in [0.1, 0.15) is 13.3 Å². The Hall–Kier alpha value is -0.120. The van der Waals surface area contributed by atoms with Crippen molar-refractivity contribution in [3.05, 3.63) is 0 Å². The second-order valence-electron chi connectivity index (χ2n) is 6.07. The lowest BCUT2D eigenvalue weighted by Gasteiger charge is -2.54. The van der Waals surface area contributed by atoms with Gasteiger partial charge in [0.1, 0.15) is 0 Å². The lowest BCUT2D eigenvalue weighted by atomic mass is 9.63. The van der Waals surface area contributed by atoms with Gasteiger partial charge in [0.25, 0.3) is 0 Å². The Morgan fingerprint density at radius 2 is 1.80 bits per heavy atom. The molecule has 0 spiro atoms.